The van der Waals surface area contributed by atoms with Crippen molar-refractivity contribution in [2.24, 2.45) is 0 Å². The van der Waals surface area contributed by atoms with Gasteiger partial charge in [-0.25, -0.2) is 0 Å². The Morgan fingerprint density at radius 1 is 0.677 bits per heavy atom. The summed E-state index contributed by atoms with van der Waals surface area (Å²) in [4.78, 5) is 0. The molecule has 1 aromatic heterocycles. The lowest BCUT2D eigenvalue weighted by molar-refractivity contribution is 0.244. The second kappa shape index (κ2) is 10.2. The molecule has 0 unspecified atom stereocenters. The van der Waals surface area contributed by atoms with Gasteiger partial charge in [-0.1, -0.05) is 96.6 Å². The molecule has 0 amide bonds. The SMILES string of the molecule is Cc1cccc(/C=C/c2cc(OCc3ccccc3)c(OCc3ccccc3)nn2)c1. The molecule has 31 heavy (non-hydrogen) atoms. The fourth-order valence-electron chi connectivity index (χ4n) is 3.08. The normalized spacial score (nSPS) is 10.9. The molecule has 0 radical (unpaired) electrons. The number of aromatic nitrogens is 2. The molecule has 4 nitrogen and oxygen atoms in total. The van der Waals surface area contributed by atoms with E-state index in [-0.39, 0.29) is 0 Å². The van der Waals surface area contributed by atoms with Gasteiger partial charge in [0.25, 0.3) is 5.88 Å². The van der Waals surface area contributed by atoms with Gasteiger partial charge in [0.15, 0.2) is 5.75 Å². The number of nitrogens with zero attached hydrogens (tertiary/aromatic N) is 2. The molecule has 0 aliphatic rings. The molecule has 0 aliphatic carbocycles. The highest BCUT2D eigenvalue weighted by Crippen LogP contribution is 2.27. The first-order valence-corrected chi connectivity index (χ1v) is 10.2. The van der Waals surface area contributed by atoms with Crippen molar-refractivity contribution in [1.82, 2.24) is 10.2 Å². The molecule has 0 spiro atoms. The Kier molecular flexibility index (Phi) is 6.71. The zero-order valence-electron chi connectivity index (χ0n) is 17.4. The third kappa shape index (κ3) is 6.03. The maximum absolute atomic E-state index is 6.06. The minimum atomic E-state index is 0.382. The highest BCUT2D eigenvalue weighted by molar-refractivity contribution is 5.68. The molecule has 154 valence electrons. The average molecular weight is 409 g/mol. The Labute approximate surface area is 182 Å². The summed E-state index contributed by atoms with van der Waals surface area (Å²) < 4.78 is 12.0. The molecule has 4 rings (SSSR count). The fourth-order valence-corrected chi connectivity index (χ4v) is 3.08. The summed E-state index contributed by atoms with van der Waals surface area (Å²) in [5, 5.41) is 8.59. The van der Waals surface area contributed by atoms with Crippen LogP contribution >= 0.6 is 0 Å². The maximum Gasteiger partial charge on any atom is 0.276 e. The number of rotatable bonds is 8. The first-order chi connectivity index (χ1) is 15.3. The Balaban J connectivity index is 1.54. The molecular weight excluding hydrogens is 384 g/mol. The quantitative estimate of drug-likeness (QED) is 0.353. The fraction of sp³-hybridized carbons (Fsp3) is 0.111. The van der Waals surface area contributed by atoms with Crippen LogP contribution in [0.1, 0.15) is 27.9 Å². The number of benzene rings is 3. The highest BCUT2D eigenvalue weighted by Gasteiger charge is 2.10. The van der Waals surface area contributed by atoms with Gasteiger partial charge in [-0.3, -0.25) is 0 Å². The van der Waals surface area contributed by atoms with Crippen molar-refractivity contribution in [3.63, 3.8) is 0 Å². The number of aryl methyl sites for hydroxylation is 1. The van der Waals surface area contributed by atoms with E-state index in [1.165, 1.54) is 5.56 Å². The lowest BCUT2D eigenvalue weighted by Crippen LogP contribution is -2.04. The lowest BCUT2D eigenvalue weighted by Gasteiger charge is -2.12. The molecule has 0 N–H and O–H groups in total. The average Bonchev–Trinajstić information content (AvgIpc) is 2.82. The van der Waals surface area contributed by atoms with Crippen LogP contribution in [0.3, 0.4) is 0 Å². The molecule has 3 aromatic carbocycles. The third-order valence-electron chi connectivity index (χ3n) is 4.69. The summed E-state index contributed by atoms with van der Waals surface area (Å²) in [6.07, 6.45) is 3.95. The van der Waals surface area contributed by atoms with Gasteiger partial charge < -0.3 is 9.47 Å². The Bertz CT molecular complexity index is 1140. The monoisotopic (exact) mass is 408 g/mol. The highest BCUT2D eigenvalue weighted by atomic mass is 16.5. The van der Waals surface area contributed by atoms with Gasteiger partial charge in [-0.15, -0.1) is 10.2 Å². The largest absolute Gasteiger partial charge is 0.483 e. The molecule has 4 aromatic rings. The van der Waals surface area contributed by atoms with Crippen LogP contribution in [-0.2, 0) is 13.2 Å². The summed E-state index contributed by atoms with van der Waals surface area (Å²) in [6.45, 7) is 2.90. The van der Waals surface area contributed by atoms with Crippen LogP contribution in [0.5, 0.6) is 11.6 Å². The van der Waals surface area contributed by atoms with E-state index < -0.39 is 0 Å². The van der Waals surface area contributed by atoms with Crippen LogP contribution in [0.4, 0.5) is 0 Å². The third-order valence-corrected chi connectivity index (χ3v) is 4.69. The molecule has 0 bridgehead atoms. The summed E-state index contributed by atoms with van der Waals surface area (Å²) in [6, 6.07) is 30.1. The number of ether oxygens (including phenoxy) is 2. The van der Waals surface area contributed by atoms with Crippen molar-refractivity contribution >= 4 is 12.2 Å². The van der Waals surface area contributed by atoms with Crippen molar-refractivity contribution in [3.8, 4) is 11.6 Å². The second-order valence-electron chi connectivity index (χ2n) is 7.23. The topological polar surface area (TPSA) is 44.2 Å². The van der Waals surface area contributed by atoms with E-state index in [0.717, 1.165) is 16.7 Å². The van der Waals surface area contributed by atoms with Crippen molar-refractivity contribution in [2.45, 2.75) is 20.1 Å². The van der Waals surface area contributed by atoms with Gasteiger partial charge >= 0.3 is 0 Å². The molecule has 0 atom stereocenters. The van der Waals surface area contributed by atoms with Crippen LogP contribution in [-0.4, -0.2) is 10.2 Å². The van der Waals surface area contributed by atoms with Gasteiger partial charge in [0.2, 0.25) is 0 Å². The van der Waals surface area contributed by atoms with Gasteiger partial charge in [0.05, 0.1) is 5.69 Å². The molecule has 1 heterocycles. The van der Waals surface area contributed by atoms with Crippen LogP contribution in [0.2, 0.25) is 0 Å². The second-order valence-corrected chi connectivity index (χ2v) is 7.23. The minimum absolute atomic E-state index is 0.382. The van der Waals surface area contributed by atoms with Crippen molar-refractivity contribution in [3.05, 3.63) is 119 Å². The standard InChI is InChI=1S/C27H24N2O2/c1-21-9-8-14-22(17-21)15-16-25-18-26(30-19-23-10-4-2-5-11-23)27(29-28-25)31-20-24-12-6-3-7-13-24/h2-18H,19-20H2,1H3/b16-15+. The molecule has 0 saturated heterocycles. The molecule has 0 saturated carbocycles. The lowest BCUT2D eigenvalue weighted by atomic mass is 10.1. The van der Waals surface area contributed by atoms with Gasteiger partial charge in [0, 0.05) is 6.07 Å². The Hall–Kier alpha value is -3.92. The smallest absolute Gasteiger partial charge is 0.276 e. The van der Waals surface area contributed by atoms with E-state index in [1.807, 2.05) is 84.9 Å². The van der Waals surface area contributed by atoms with E-state index in [2.05, 4.69) is 35.3 Å². The summed E-state index contributed by atoms with van der Waals surface area (Å²) >= 11 is 0. The first-order valence-electron chi connectivity index (χ1n) is 10.2. The van der Waals surface area contributed by atoms with E-state index in [4.69, 9.17) is 9.47 Å². The Morgan fingerprint density at radius 2 is 1.35 bits per heavy atom. The van der Waals surface area contributed by atoms with E-state index >= 15 is 0 Å². The molecule has 0 fully saturated rings. The van der Waals surface area contributed by atoms with Crippen LogP contribution < -0.4 is 9.47 Å². The summed E-state index contributed by atoms with van der Waals surface area (Å²) in [5.41, 5.74) is 5.16. The van der Waals surface area contributed by atoms with E-state index in [9.17, 15) is 0 Å². The predicted molar refractivity (Wildman–Crippen MR) is 124 cm³/mol. The van der Waals surface area contributed by atoms with Crippen molar-refractivity contribution < 1.29 is 9.47 Å². The van der Waals surface area contributed by atoms with E-state index in [1.54, 1.807) is 0 Å². The zero-order chi connectivity index (χ0) is 21.3. The van der Waals surface area contributed by atoms with Crippen LogP contribution in [0, 0.1) is 6.92 Å². The molecule has 0 aliphatic heterocycles. The van der Waals surface area contributed by atoms with Gasteiger partial charge in [-0.2, -0.15) is 0 Å². The van der Waals surface area contributed by atoms with Gasteiger partial charge in [0.1, 0.15) is 13.2 Å². The summed E-state index contributed by atoms with van der Waals surface area (Å²) in [5.74, 6) is 0.950. The zero-order valence-corrected chi connectivity index (χ0v) is 17.4. The predicted octanol–water partition coefficient (Wildman–Crippen LogP) is 6.11. The number of hydrogen-bond acceptors (Lipinski definition) is 4. The first kappa shape index (κ1) is 20.4. The maximum atomic E-state index is 6.06. The van der Waals surface area contributed by atoms with Crippen molar-refractivity contribution in [1.29, 1.82) is 0 Å². The van der Waals surface area contributed by atoms with Crippen LogP contribution in [0.15, 0.2) is 91.0 Å². The summed E-state index contributed by atoms with van der Waals surface area (Å²) in [7, 11) is 0. The van der Waals surface area contributed by atoms with Crippen LogP contribution in [0.25, 0.3) is 12.2 Å². The minimum Gasteiger partial charge on any atom is -0.483 e. The van der Waals surface area contributed by atoms with Gasteiger partial charge in [-0.05, 0) is 29.7 Å². The van der Waals surface area contributed by atoms with E-state index in [0.29, 0.717) is 30.5 Å². The molecular formula is C27H24N2O2. The van der Waals surface area contributed by atoms with Crippen molar-refractivity contribution in [2.75, 3.05) is 0 Å². The Morgan fingerprint density at radius 3 is 2.03 bits per heavy atom. The number of hydrogen-bond donors (Lipinski definition) is 0. The molecule has 4 heteroatoms.